The molecular weight excluding hydrogens is 505 g/mol. The molecule has 7 rings (SSSR count). The molecule has 0 unspecified atom stereocenters. The maximum atomic E-state index is 13.8. The molecule has 152 valence electrons. The molecule has 1 heterocycles. The van der Waals surface area contributed by atoms with E-state index in [-0.39, 0.29) is 11.8 Å². The van der Waals surface area contributed by atoms with Crippen LogP contribution in [0, 0.1) is 15.4 Å². The summed E-state index contributed by atoms with van der Waals surface area (Å²) in [4.78, 5) is 41.8. The number of carbonyl (C=O) groups excluding carboxylic acids is 2. The second kappa shape index (κ2) is 6.26. The van der Waals surface area contributed by atoms with E-state index in [1.165, 1.54) is 4.90 Å². The van der Waals surface area contributed by atoms with E-state index in [0.29, 0.717) is 16.8 Å². The minimum atomic E-state index is -1.59. The third-order valence-electron chi connectivity index (χ3n) is 7.04. The first-order valence-corrected chi connectivity index (χ1v) is 11.1. The molecule has 1 N–H and O–H groups in total. The van der Waals surface area contributed by atoms with Crippen LogP contribution in [0.5, 0.6) is 0 Å². The van der Waals surface area contributed by atoms with Crippen molar-refractivity contribution < 1.29 is 19.5 Å². The summed E-state index contributed by atoms with van der Waals surface area (Å²) in [5.74, 6) is -3.92. The first-order valence-electron chi connectivity index (χ1n) is 10.0. The summed E-state index contributed by atoms with van der Waals surface area (Å²) < 4.78 is 0.986. The number of imide groups is 1. The van der Waals surface area contributed by atoms with Crippen LogP contribution >= 0.6 is 22.6 Å². The molecule has 0 saturated carbocycles. The molecule has 2 bridgehead atoms. The zero-order chi connectivity index (χ0) is 21.5. The van der Waals surface area contributed by atoms with Crippen molar-refractivity contribution in [1.82, 2.24) is 0 Å². The molecule has 2 amide bonds. The number of amides is 2. The number of carbonyl (C=O) groups is 3. The minimum absolute atomic E-state index is 0.323. The maximum Gasteiger partial charge on any atom is 0.319 e. The molecule has 4 aliphatic rings. The van der Waals surface area contributed by atoms with Gasteiger partial charge in [-0.3, -0.25) is 14.4 Å². The fourth-order valence-corrected chi connectivity index (χ4v) is 6.34. The van der Waals surface area contributed by atoms with E-state index in [4.69, 9.17) is 0 Å². The van der Waals surface area contributed by atoms with Gasteiger partial charge in [0.25, 0.3) is 0 Å². The summed E-state index contributed by atoms with van der Waals surface area (Å²) in [5, 5.41) is 10.7. The largest absolute Gasteiger partial charge is 0.480 e. The predicted octanol–water partition coefficient (Wildman–Crippen LogP) is 3.93. The molecule has 0 spiro atoms. The minimum Gasteiger partial charge on any atom is -0.480 e. The van der Waals surface area contributed by atoms with Crippen LogP contribution in [-0.4, -0.2) is 22.9 Å². The number of halogens is 1. The summed E-state index contributed by atoms with van der Waals surface area (Å²) in [5.41, 5.74) is 1.80. The monoisotopic (exact) mass is 521 g/mol. The Kier molecular flexibility index (Phi) is 3.78. The van der Waals surface area contributed by atoms with E-state index >= 15 is 0 Å². The predicted molar refractivity (Wildman–Crippen MR) is 122 cm³/mol. The maximum absolute atomic E-state index is 13.8. The smallest absolute Gasteiger partial charge is 0.319 e. The van der Waals surface area contributed by atoms with Crippen molar-refractivity contribution in [3.05, 3.63) is 98.6 Å². The van der Waals surface area contributed by atoms with Gasteiger partial charge in [0, 0.05) is 9.49 Å². The van der Waals surface area contributed by atoms with Crippen LogP contribution in [-0.2, 0) is 19.8 Å². The molecule has 1 saturated heterocycles. The number of anilines is 1. The second-order valence-electron chi connectivity index (χ2n) is 8.26. The quantitative estimate of drug-likeness (QED) is 0.410. The standard InChI is InChI=1S/C25H16INO4/c26-13-9-11-14(12-10-13)27-22(28)20-19-15-5-1-3-7-17(15)25(24(30)31,21(20)23(27)29)18-8-4-2-6-16(18)19/h1-12,19-21H,(H,30,31)/t19?,20-,21+,25?/m1/s1. The highest BCUT2D eigenvalue weighted by atomic mass is 127. The van der Waals surface area contributed by atoms with Crippen LogP contribution in [0.2, 0.25) is 0 Å². The van der Waals surface area contributed by atoms with Gasteiger partial charge in [-0.15, -0.1) is 0 Å². The average Bonchev–Trinajstić information content (AvgIpc) is 3.05. The summed E-state index contributed by atoms with van der Waals surface area (Å²) in [7, 11) is 0. The van der Waals surface area contributed by atoms with Crippen molar-refractivity contribution in [3.63, 3.8) is 0 Å². The van der Waals surface area contributed by atoms with E-state index in [1.807, 2.05) is 36.4 Å². The highest BCUT2D eigenvalue weighted by Gasteiger charge is 2.71. The van der Waals surface area contributed by atoms with Crippen molar-refractivity contribution >= 4 is 46.1 Å². The van der Waals surface area contributed by atoms with E-state index in [2.05, 4.69) is 22.6 Å². The first kappa shape index (κ1) is 18.7. The van der Waals surface area contributed by atoms with Gasteiger partial charge in [-0.05, 0) is 69.1 Å². The zero-order valence-corrected chi connectivity index (χ0v) is 18.3. The number of nitrogens with zero attached hydrogens (tertiary/aromatic N) is 1. The lowest BCUT2D eigenvalue weighted by atomic mass is 9.47. The van der Waals surface area contributed by atoms with Crippen LogP contribution in [0.3, 0.4) is 0 Å². The number of carboxylic acid groups (broad SMARTS) is 1. The van der Waals surface area contributed by atoms with Crippen molar-refractivity contribution in [2.45, 2.75) is 11.3 Å². The van der Waals surface area contributed by atoms with Gasteiger partial charge >= 0.3 is 5.97 Å². The van der Waals surface area contributed by atoms with Crippen LogP contribution < -0.4 is 4.90 Å². The molecule has 31 heavy (non-hydrogen) atoms. The summed E-state index contributed by atoms with van der Waals surface area (Å²) >= 11 is 2.17. The number of carboxylic acids is 1. The number of aliphatic carboxylic acids is 1. The van der Waals surface area contributed by atoms with Gasteiger partial charge < -0.3 is 5.11 Å². The van der Waals surface area contributed by atoms with Gasteiger partial charge in [-0.25, -0.2) is 4.90 Å². The molecule has 1 aliphatic heterocycles. The molecule has 2 atom stereocenters. The number of hydrogen-bond donors (Lipinski definition) is 1. The summed E-state index contributed by atoms with van der Waals surface area (Å²) in [6.45, 7) is 0. The Balaban J connectivity index is 1.67. The molecule has 5 nitrogen and oxygen atoms in total. The zero-order valence-electron chi connectivity index (χ0n) is 16.2. The SMILES string of the molecule is O=C1[C@@H]2C3c4ccccc4C(C(=O)O)(c4ccccc43)[C@@H]2C(=O)N1c1ccc(I)cc1. The number of hydrogen-bond acceptors (Lipinski definition) is 3. The highest BCUT2D eigenvalue weighted by Crippen LogP contribution is 2.64. The third-order valence-corrected chi connectivity index (χ3v) is 7.76. The molecule has 3 aromatic carbocycles. The fourth-order valence-electron chi connectivity index (χ4n) is 5.98. The lowest BCUT2D eigenvalue weighted by Gasteiger charge is -2.51. The first-order chi connectivity index (χ1) is 15.0. The Morgan fingerprint density at radius 1 is 0.839 bits per heavy atom. The van der Waals surface area contributed by atoms with E-state index < -0.39 is 29.1 Å². The molecule has 0 aromatic heterocycles. The Hall–Kier alpha value is -3.00. The molecule has 3 aromatic rings. The number of benzene rings is 3. The highest BCUT2D eigenvalue weighted by molar-refractivity contribution is 14.1. The van der Waals surface area contributed by atoms with E-state index in [9.17, 15) is 19.5 Å². The molecule has 1 fully saturated rings. The number of rotatable bonds is 2. The van der Waals surface area contributed by atoms with E-state index in [0.717, 1.165) is 14.7 Å². The molecule has 3 aliphatic carbocycles. The topological polar surface area (TPSA) is 74.7 Å². The summed E-state index contributed by atoms with van der Waals surface area (Å²) in [6, 6.07) is 21.9. The second-order valence-corrected chi connectivity index (χ2v) is 9.50. The summed E-state index contributed by atoms with van der Waals surface area (Å²) in [6.07, 6.45) is 0. The van der Waals surface area contributed by atoms with Gasteiger partial charge in [-0.1, -0.05) is 48.5 Å². The van der Waals surface area contributed by atoms with Crippen molar-refractivity contribution in [2.24, 2.45) is 11.8 Å². The lowest BCUT2D eigenvalue weighted by Crippen LogP contribution is -2.57. The van der Waals surface area contributed by atoms with Gasteiger partial charge in [0.15, 0.2) is 0 Å². The van der Waals surface area contributed by atoms with Gasteiger partial charge in [0.1, 0.15) is 5.41 Å². The van der Waals surface area contributed by atoms with Gasteiger partial charge in [-0.2, -0.15) is 0 Å². The molecular formula is C25H16INO4. The Labute approximate surface area is 191 Å². The van der Waals surface area contributed by atoms with Crippen LogP contribution in [0.4, 0.5) is 5.69 Å². The van der Waals surface area contributed by atoms with Crippen LogP contribution in [0.25, 0.3) is 0 Å². The fraction of sp³-hybridized carbons (Fsp3) is 0.160. The van der Waals surface area contributed by atoms with Crippen LogP contribution in [0.1, 0.15) is 28.2 Å². The molecule has 0 radical (unpaired) electrons. The lowest BCUT2D eigenvalue weighted by molar-refractivity contribution is -0.149. The normalized spacial score (nSPS) is 27.6. The van der Waals surface area contributed by atoms with Gasteiger partial charge in [0.2, 0.25) is 11.8 Å². The molecule has 6 heteroatoms. The van der Waals surface area contributed by atoms with Crippen molar-refractivity contribution in [3.8, 4) is 0 Å². The third kappa shape index (κ3) is 2.13. The van der Waals surface area contributed by atoms with Crippen molar-refractivity contribution in [1.29, 1.82) is 0 Å². The van der Waals surface area contributed by atoms with E-state index in [1.54, 1.807) is 36.4 Å². The Morgan fingerprint density at radius 2 is 1.39 bits per heavy atom. The Morgan fingerprint density at radius 3 is 1.94 bits per heavy atom. The van der Waals surface area contributed by atoms with Crippen LogP contribution in [0.15, 0.2) is 72.8 Å². The van der Waals surface area contributed by atoms with Crippen molar-refractivity contribution in [2.75, 3.05) is 4.90 Å². The Bertz CT molecular complexity index is 1250. The van der Waals surface area contributed by atoms with Gasteiger partial charge in [0.05, 0.1) is 17.5 Å². The average molecular weight is 521 g/mol.